The van der Waals surface area contributed by atoms with Gasteiger partial charge >= 0.3 is 5.97 Å². The minimum Gasteiger partial charge on any atom is -0.478 e. The van der Waals surface area contributed by atoms with E-state index < -0.39 is 23.9 Å². The minimum atomic E-state index is -2.25. The number of nitrogens with zero attached hydrogens (tertiary/aromatic N) is 1. The third kappa shape index (κ3) is 3.26. The fourth-order valence-corrected chi connectivity index (χ4v) is 0.830. The highest BCUT2D eigenvalue weighted by Gasteiger charge is 2.43. The van der Waals surface area contributed by atoms with Crippen molar-refractivity contribution < 1.29 is 24.5 Å². The van der Waals surface area contributed by atoms with Gasteiger partial charge in [0.15, 0.2) is 0 Å². The topological polar surface area (TPSA) is 96.2 Å². The highest BCUT2D eigenvalue weighted by Crippen LogP contribution is 2.21. The van der Waals surface area contributed by atoms with Crippen molar-refractivity contribution in [2.24, 2.45) is 4.99 Å². The van der Waals surface area contributed by atoms with E-state index in [1.807, 2.05) is 0 Å². The SMILES string of the molecule is CC(C)(C)O[C@](CO)(N=C=O)C(=O)O. The number of aliphatic imine (C=N–C) groups is 1. The first-order valence-corrected chi connectivity index (χ1v) is 3.91. The molecule has 80 valence electrons. The smallest absolute Gasteiger partial charge is 0.362 e. The van der Waals surface area contributed by atoms with Gasteiger partial charge in [-0.15, -0.1) is 0 Å². The van der Waals surface area contributed by atoms with Crippen LogP contribution in [0.3, 0.4) is 0 Å². The first-order chi connectivity index (χ1) is 6.27. The summed E-state index contributed by atoms with van der Waals surface area (Å²) in [5.41, 5.74) is -3.10. The molecule has 0 amide bonds. The molecule has 0 aromatic carbocycles. The lowest BCUT2D eigenvalue weighted by molar-refractivity contribution is -0.190. The van der Waals surface area contributed by atoms with Crippen LogP contribution in [0.1, 0.15) is 20.8 Å². The molecule has 14 heavy (non-hydrogen) atoms. The predicted molar refractivity (Wildman–Crippen MR) is 46.4 cm³/mol. The van der Waals surface area contributed by atoms with Crippen molar-refractivity contribution in [1.82, 2.24) is 0 Å². The highest BCUT2D eigenvalue weighted by atomic mass is 16.6. The van der Waals surface area contributed by atoms with Gasteiger partial charge in [0.1, 0.15) is 6.61 Å². The van der Waals surface area contributed by atoms with Crippen molar-refractivity contribution in [3.63, 3.8) is 0 Å². The van der Waals surface area contributed by atoms with E-state index in [-0.39, 0.29) is 0 Å². The fourth-order valence-electron chi connectivity index (χ4n) is 0.830. The number of aliphatic carboxylic acids is 1. The largest absolute Gasteiger partial charge is 0.478 e. The van der Waals surface area contributed by atoms with Gasteiger partial charge in [-0.3, -0.25) is 0 Å². The van der Waals surface area contributed by atoms with E-state index in [0.717, 1.165) is 6.08 Å². The second-order valence-electron chi connectivity index (χ2n) is 3.67. The summed E-state index contributed by atoms with van der Waals surface area (Å²) in [7, 11) is 0. The normalized spacial score (nSPS) is 15.4. The van der Waals surface area contributed by atoms with Crippen molar-refractivity contribution in [3.8, 4) is 0 Å². The molecule has 1 atom stereocenters. The zero-order valence-electron chi connectivity index (χ0n) is 8.27. The molecule has 6 heteroatoms. The Morgan fingerprint density at radius 1 is 1.50 bits per heavy atom. The van der Waals surface area contributed by atoms with Crippen molar-refractivity contribution in [2.45, 2.75) is 32.1 Å². The van der Waals surface area contributed by atoms with Gasteiger partial charge < -0.3 is 14.9 Å². The predicted octanol–water partition coefficient (Wildman–Crippen LogP) is -0.0895. The standard InChI is InChI=1S/C8H13NO5/c1-7(2,3)14-8(4-10,6(12)13)9-5-11/h10H,4H2,1-3H3,(H,12,13)/t8-/m0/s1. The van der Waals surface area contributed by atoms with Crippen LogP contribution in [0.5, 0.6) is 0 Å². The second-order valence-corrected chi connectivity index (χ2v) is 3.67. The maximum atomic E-state index is 10.8. The van der Waals surface area contributed by atoms with Crippen LogP contribution in [0, 0.1) is 0 Å². The lowest BCUT2D eigenvalue weighted by Crippen LogP contribution is -2.48. The van der Waals surface area contributed by atoms with Crippen LogP contribution in [-0.2, 0) is 14.3 Å². The first kappa shape index (κ1) is 12.8. The Labute approximate surface area is 81.2 Å². The minimum absolute atomic E-state index is 0.846. The fraction of sp³-hybridized carbons (Fsp3) is 0.750. The number of aliphatic hydroxyl groups is 1. The molecule has 0 rings (SSSR count). The van der Waals surface area contributed by atoms with Crippen LogP contribution in [0.25, 0.3) is 0 Å². The van der Waals surface area contributed by atoms with Crippen LogP contribution in [0.4, 0.5) is 0 Å². The Bertz CT molecular complexity index is 259. The van der Waals surface area contributed by atoms with E-state index in [4.69, 9.17) is 14.9 Å². The Hall–Kier alpha value is -1.23. The molecule has 0 aromatic heterocycles. The Morgan fingerprint density at radius 3 is 2.21 bits per heavy atom. The molecular weight excluding hydrogens is 190 g/mol. The number of isocyanates is 1. The maximum absolute atomic E-state index is 10.8. The number of carbonyl (C=O) groups is 1. The van der Waals surface area contributed by atoms with Crippen molar-refractivity contribution in [2.75, 3.05) is 6.61 Å². The van der Waals surface area contributed by atoms with Gasteiger partial charge in [0.05, 0.1) is 5.60 Å². The molecular formula is C8H13NO5. The van der Waals surface area contributed by atoms with Crippen molar-refractivity contribution in [1.29, 1.82) is 0 Å². The van der Waals surface area contributed by atoms with E-state index in [1.54, 1.807) is 20.8 Å². The van der Waals surface area contributed by atoms with Crippen LogP contribution in [0.15, 0.2) is 4.99 Å². The van der Waals surface area contributed by atoms with Gasteiger partial charge in [0.2, 0.25) is 6.08 Å². The molecule has 6 nitrogen and oxygen atoms in total. The van der Waals surface area contributed by atoms with Gasteiger partial charge in [0.25, 0.3) is 5.72 Å². The number of aliphatic hydroxyl groups excluding tert-OH is 1. The Morgan fingerprint density at radius 2 is 2.00 bits per heavy atom. The number of hydrogen-bond acceptors (Lipinski definition) is 5. The number of carboxylic acids is 1. The molecule has 0 unspecified atom stereocenters. The lowest BCUT2D eigenvalue weighted by atomic mass is 10.1. The molecule has 0 saturated carbocycles. The van der Waals surface area contributed by atoms with Gasteiger partial charge in [-0.1, -0.05) is 0 Å². The monoisotopic (exact) mass is 203 g/mol. The number of carboxylic acid groups (broad SMARTS) is 1. The van der Waals surface area contributed by atoms with Crippen LogP contribution in [-0.4, -0.2) is 40.2 Å². The zero-order valence-corrected chi connectivity index (χ0v) is 8.27. The lowest BCUT2D eigenvalue weighted by Gasteiger charge is -2.30. The summed E-state index contributed by atoms with van der Waals surface area (Å²) in [5, 5.41) is 17.6. The molecule has 0 saturated heterocycles. The average Bonchev–Trinajstić information content (AvgIpc) is 2.00. The van der Waals surface area contributed by atoms with Crippen molar-refractivity contribution >= 4 is 12.0 Å². The molecule has 0 bridgehead atoms. The van der Waals surface area contributed by atoms with Gasteiger partial charge in [-0.25, -0.2) is 9.59 Å². The Kier molecular flexibility index (Phi) is 3.94. The number of ether oxygens (including phenoxy) is 1. The molecule has 0 spiro atoms. The number of hydrogen-bond donors (Lipinski definition) is 2. The van der Waals surface area contributed by atoms with Crippen molar-refractivity contribution in [3.05, 3.63) is 0 Å². The summed E-state index contributed by atoms with van der Waals surface area (Å²) < 4.78 is 5.00. The second kappa shape index (κ2) is 4.32. The molecule has 0 fully saturated rings. The van der Waals surface area contributed by atoms with E-state index in [2.05, 4.69) is 4.99 Å². The van der Waals surface area contributed by atoms with E-state index in [9.17, 15) is 9.59 Å². The molecule has 0 aliphatic carbocycles. The molecule has 0 aliphatic rings. The molecule has 0 radical (unpaired) electrons. The zero-order chi connectivity index (χ0) is 11.4. The molecule has 0 heterocycles. The third-order valence-electron chi connectivity index (χ3n) is 1.25. The average molecular weight is 203 g/mol. The summed E-state index contributed by atoms with van der Waals surface area (Å²) in [6.45, 7) is 3.83. The maximum Gasteiger partial charge on any atom is 0.362 e. The van der Waals surface area contributed by atoms with Crippen LogP contribution < -0.4 is 0 Å². The third-order valence-corrected chi connectivity index (χ3v) is 1.25. The summed E-state index contributed by atoms with van der Waals surface area (Å²) in [6.07, 6.45) is 1.07. The summed E-state index contributed by atoms with van der Waals surface area (Å²) in [4.78, 5) is 23.8. The van der Waals surface area contributed by atoms with Crippen LogP contribution in [0.2, 0.25) is 0 Å². The molecule has 2 N–H and O–H groups in total. The first-order valence-electron chi connectivity index (χ1n) is 3.91. The molecule has 0 aromatic rings. The molecule has 0 aliphatic heterocycles. The quantitative estimate of drug-likeness (QED) is 0.491. The number of carbonyl (C=O) groups excluding carboxylic acids is 1. The van der Waals surface area contributed by atoms with Crippen LogP contribution >= 0.6 is 0 Å². The van der Waals surface area contributed by atoms with Gasteiger partial charge in [-0.05, 0) is 20.8 Å². The summed E-state index contributed by atoms with van der Waals surface area (Å²) in [6, 6.07) is 0. The van der Waals surface area contributed by atoms with Gasteiger partial charge in [-0.2, -0.15) is 4.99 Å². The number of rotatable bonds is 4. The van der Waals surface area contributed by atoms with E-state index in [1.165, 1.54) is 0 Å². The van der Waals surface area contributed by atoms with Gasteiger partial charge in [0, 0.05) is 0 Å². The van der Waals surface area contributed by atoms with E-state index >= 15 is 0 Å². The highest BCUT2D eigenvalue weighted by molar-refractivity contribution is 5.78. The summed E-state index contributed by atoms with van der Waals surface area (Å²) >= 11 is 0. The Balaban J connectivity index is 5.05. The summed E-state index contributed by atoms with van der Waals surface area (Å²) in [5.74, 6) is -1.53. The van der Waals surface area contributed by atoms with E-state index in [0.29, 0.717) is 0 Å².